The van der Waals surface area contributed by atoms with Crippen molar-refractivity contribution in [2.75, 3.05) is 6.61 Å². The highest BCUT2D eigenvalue weighted by Crippen LogP contribution is 2.31. The Labute approximate surface area is 184 Å². The molecule has 4 heterocycles. The maximum absolute atomic E-state index is 12.8. The van der Waals surface area contributed by atoms with E-state index in [1.165, 1.54) is 23.1 Å². The molecule has 0 radical (unpaired) electrons. The average Bonchev–Trinajstić information content (AvgIpc) is 3.49. The summed E-state index contributed by atoms with van der Waals surface area (Å²) in [5, 5.41) is 15.8. The molecule has 30 heavy (non-hydrogen) atoms. The fourth-order valence-corrected chi connectivity index (χ4v) is 5.28. The van der Waals surface area contributed by atoms with Crippen molar-refractivity contribution in [1.82, 2.24) is 30.2 Å². The quantitative estimate of drug-likeness (QED) is 0.437. The summed E-state index contributed by atoms with van der Waals surface area (Å²) in [6.45, 7) is 1.42. The van der Waals surface area contributed by atoms with Gasteiger partial charge in [0.2, 0.25) is 5.16 Å². The number of rotatable bonds is 6. The summed E-state index contributed by atoms with van der Waals surface area (Å²) in [7, 11) is 0. The van der Waals surface area contributed by atoms with Crippen LogP contribution < -0.4 is 5.56 Å². The highest BCUT2D eigenvalue weighted by molar-refractivity contribution is 7.98. The summed E-state index contributed by atoms with van der Waals surface area (Å²) in [5.74, 6) is 1.05. The van der Waals surface area contributed by atoms with Crippen molar-refractivity contribution >= 4 is 44.9 Å². The van der Waals surface area contributed by atoms with Crippen LogP contribution in [0, 0.1) is 0 Å². The third kappa shape index (κ3) is 4.00. The lowest BCUT2D eigenvalue weighted by Crippen LogP contribution is -2.17. The number of aromatic nitrogens is 6. The van der Waals surface area contributed by atoms with Crippen LogP contribution in [0.4, 0.5) is 0 Å². The SMILES string of the molecule is O=c1[nH]c(CSc2nnnn2CC2CCCO2)nc2scc(-c3ccc(Cl)cc3)c12. The van der Waals surface area contributed by atoms with Crippen molar-refractivity contribution in [2.45, 2.75) is 36.4 Å². The highest BCUT2D eigenvalue weighted by Gasteiger charge is 2.19. The second kappa shape index (κ2) is 8.46. The molecule has 4 aromatic rings. The molecule has 5 rings (SSSR count). The van der Waals surface area contributed by atoms with Crippen molar-refractivity contribution in [3.05, 3.63) is 50.8 Å². The van der Waals surface area contributed by atoms with E-state index in [1.54, 1.807) is 4.68 Å². The molecular weight excluding hydrogens is 444 g/mol. The molecule has 1 saturated heterocycles. The van der Waals surface area contributed by atoms with Crippen LogP contribution in [0.3, 0.4) is 0 Å². The first-order valence-corrected chi connectivity index (χ1v) is 11.7. The van der Waals surface area contributed by atoms with Gasteiger partial charge in [-0.15, -0.1) is 16.4 Å². The minimum absolute atomic E-state index is 0.152. The van der Waals surface area contributed by atoms with Gasteiger partial charge in [0.05, 0.1) is 23.8 Å². The molecule has 0 aliphatic carbocycles. The van der Waals surface area contributed by atoms with Crippen LogP contribution in [0.2, 0.25) is 5.02 Å². The van der Waals surface area contributed by atoms with E-state index in [2.05, 4.69) is 25.5 Å². The third-order valence-electron chi connectivity index (χ3n) is 4.89. The first kappa shape index (κ1) is 19.7. The van der Waals surface area contributed by atoms with Crippen molar-refractivity contribution < 1.29 is 4.74 Å². The highest BCUT2D eigenvalue weighted by atomic mass is 35.5. The largest absolute Gasteiger partial charge is 0.376 e. The molecule has 1 aliphatic rings. The van der Waals surface area contributed by atoms with Gasteiger partial charge < -0.3 is 9.72 Å². The fourth-order valence-electron chi connectivity index (χ4n) is 3.43. The first-order chi connectivity index (χ1) is 14.7. The molecule has 11 heteroatoms. The molecule has 3 aromatic heterocycles. The van der Waals surface area contributed by atoms with Crippen molar-refractivity contribution in [3.63, 3.8) is 0 Å². The van der Waals surface area contributed by atoms with Gasteiger partial charge >= 0.3 is 0 Å². The topological polar surface area (TPSA) is 98.6 Å². The number of nitrogens with zero attached hydrogens (tertiary/aromatic N) is 5. The van der Waals surface area contributed by atoms with E-state index in [0.717, 1.165) is 30.6 Å². The minimum Gasteiger partial charge on any atom is -0.376 e. The lowest BCUT2D eigenvalue weighted by Gasteiger charge is -2.09. The molecule has 0 spiro atoms. The van der Waals surface area contributed by atoms with Gasteiger partial charge in [0, 0.05) is 22.6 Å². The summed E-state index contributed by atoms with van der Waals surface area (Å²) in [6, 6.07) is 7.43. The van der Waals surface area contributed by atoms with E-state index < -0.39 is 0 Å². The predicted molar refractivity (Wildman–Crippen MR) is 117 cm³/mol. The number of thiophene rings is 1. The molecular formula is C19H17ClN6O2S2. The van der Waals surface area contributed by atoms with Crippen molar-refractivity contribution in [2.24, 2.45) is 0 Å². The molecule has 8 nitrogen and oxygen atoms in total. The number of hydrogen-bond donors (Lipinski definition) is 1. The van der Waals surface area contributed by atoms with Gasteiger partial charge in [-0.3, -0.25) is 4.79 Å². The zero-order valence-electron chi connectivity index (χ0n) is 15.7. The van der Waals surface area contributed by atoms with Crippen LogP contribution in [0.25, 0.3) is 21.3 Å². The van der Waals surface area contributed by atoms with E-state index in [4.69, 9.17) is 16.3 Å². The molecule has 1 fully saturated rings. The Morgan fingerprint density at radius 1 is 1.33 bits per heavy atom. The van der Waals surface area contributed by atoms with E-state index >= 15 is 0 Å². The Hall–Kier alpha value is -2.27. The Balaban J connectivity index is 1.36. The Bertz CT molecular complexity index is 1230. The van der Waals surface area contributed by atoms with Crippen LogP contribution in [0.5, 0.6) is 0 Å². The molecule has 0 amide bonds. The molecule has 1 aliphatic heterocycles. The zero-order chi connectivity index (χ0) is 20.5. The van der Waals surface area contributed by atoms with Gasteiger partial charge in [0.15, 0.2) is 0 Å². The molecule has 1 atom stereocenters. The molecule has 0 bridgehead atoms. The minimum atomic E-state index is -0.152. The van der Waals surface area contributed by atoms with Gasteiger partial charge in [-0.2, -0.15) is 0 Å². The Morgan fingerprint density at radius 2 is 2.20 bits per heavy atom. The third-order valence-corrected chi connectivity index (χ3v) is 6.98. The standard InChI is InChI=1S/C19H17ClN6O2S2/c20-12-5-3-11(4-6-12)14-9-29-18-16(14)17(27)21-15(22-18)10-30-19-23-24-25-26(19)8-13-2-1-7-28-13/h3-6,9,13H,1-2,7-8,10H2,(H,21,22,27). The van der Waals surface area contributed by atoms with E-state index in [1.807, 2.05) is 29.6 Å². The van der Waals surface area contributed by atoms with E-state index in [9.17, 15) is 4.79 Å². The smallest absolute Gasteiger partial charge is 0.260 e. The van der Waals surface area contributed by atoms with Gasteiger partial charge in [-0.25, -0.2) is 9.67 Å². The maximum atomic E-state index is 12.8. The van der Waals surface area contributed by atoms with E-state index in [-0.39, 0.29) is 11.7 Å². The maximum Gasteiger partial charge on any atom is 0.260 e. The van der Waals surface area contributed by atoms with Crippen molar-refractivity contribution in [3.8, 4) is 11.1 Å². The number of tetrazole rings is 1. The number of thioether (sulfide) groups is 1. The van der Waals surface area contributed by atoms with Gasteiger partial charge in [0.1, 0.15) is 10.7 Å². The Morgan fingerprint density at radius 3 is 3.00 bits per heavy atom. The molecule has 154 valence electrons. The van der Waals surface area contributed by atoms with Crippen LogP contribution in [0.15, 0.2) is 39.6 Å². The fraction of sp³-hybridized carbons (Fsp3) is 0.316. The van der Waals surface area contributed by atoms with Gasteiger partial charge in [-0.1, -0.05) is 35.5 Å². The van der Waals surface area contributed by atoms with Crippen LogP contribution in [0.1, 0.15) is 18.7 Å². The van der Waals surface area contributed by atoms with Gasteiger partial charge in [0.25, 0.3) is 5.56 Å². The predicted octanol–water partition coefficient (Wildman–Crippen LogP) is 3.76. The molecule has 1 aromatic carbocycles. The number of aromatic amines is 1. The lowest BCUT2D eigenvalue weighted by atomic mass is 10.1. The van der Waals surface area contributed by atoms with Crippen molar-refractivity contribution in [1.29, 1.82) is 0 Å². The summed E-state index contributed by atoms with van der Waals surface area (Å²) < 4.78 is 7.41. The number of H-pyrrole nitrogens is 1. The summed E-state index contributed by atoms with van der Waals surface area (Å²) >= 11 is 8.87. The lowest BCUT2D eigenvalue weighted by molar-refractivity contribution is 0.0912. The van der Waals surface area contributed by atoms with Crippen LogP contribution in [-0.4, -0.2) is 42.9 Å². The first-order valence-electron chi connectivity index (χ1n) is 9.44. The second-order valence-corrected chi connectivity index (χ2v) is 9.15. The average molecular weight is 461 g/mol. The molecule has 0 saturated carbocycles. The number of nitrogens with one attached hydrogen (secondary N) is 1. The number of halogens is 1. The monoisotopic (exact) mass is 460 g/mol. The zero-order valence-corrected chi connectivity index (χ0v) is 18.1. The molecule has 1 unspecified atom stereocenters. The van der Waals surface area contributed by atoms with Crippen LogP contribution in [-0.2, 0) is 17.0 Å². The summed E-state index contributed by atoms with van der Waals surface area (Å²) in [4.78, 5) is 21.0. The number of ether oxygens (including phenoxy) is 1. The van der Waals surface area contributed by atoms with E-state index in [0.29, 0.717) is 38.5 Å². The second-order valence-electron chi connectivity index (χ2n) is 6.92. The summed E-state index contributed by atoms with van der Waals surface area (Å²) in [5.41, 5.74) is 1.65. The van der Waals surface area contributed by atoms with Gasteiger partial charge in [-0.05, 0) is 41.0 Å². The number of benzene rings is 1. The Kier molecular flexibility index (Phi) is 5.55. The summed E-state index contributed by atoms with van der Waals surface area (Å²) in [6.07, 6.45) is 2.24. The number of fused-ring (bicyclic) bond motifs is 1. The normalized spacial score (nSPS) is 16.5. The molecule has 1 N–H and O–H groups in total. The van der Waals surface area contributed by atoms with Crippen LogP contribution >= 0.6 is 34.7 Å². The number of hydrogen-bond acceptors (Lipinski definition) is 8.